The highest BCUT2D eigenvalue weighted by molar-refractivity contribution is 8.41. The summed E-state index contributed by atoms with van der Waals surface area (Å²) in [5, 5.41) is 0. The van der Waals surface area contributed by atoms with Gasteiger partial charge in [0, 0.05) is 20.1 Å². The Kier molecular flexibility index (Phi) is 4.79. The van der Waals surface area contributed by atoms with Crippen molar-refractivity contribution in [1.29, 1.82) is 0 Å². The second kappa shape index (κ2) is 6.49. The van der Waals surface area contributed by atoms with Gasteiger partial charge in [-0.05, 0) is 35.4 Å². The lowest BCUT2D eigenvalue weighted by atomic mass is 10.1. The van der Waals surface area contributed by atoms with Crippen molar-refractivity contribution in [2.24, 2.45) is 0 Å². The molecule has 0 fully saturated rings. The standard InChI is InChI=1S/C16H9F7O3S2/c17-12-7-5-10(6-8-12)14-9-11-3-1-2-4-13(11)27(14,15(18,19)20)26-28(24,25)16(21,22)23/h1-9H. The van der Waals surface area contributed by atoms with E-state index >= 15 is 0 Å². The fourth-order valence-corrected chi connectivity index (χ4v) is 7.11. The fraction of sp³-hybridized carbons (Fsp3) is 0.125. The molecule has 1 heterocycles. The van der Waals surface area contributed by atoms with Crippen molar-refractivity contribution in [3.8, 4) is 0 Å². The van der Waals surface area contributed by atoms with Crippen molar-refractivity contribution in [3.63, 3.8) is 0 Å². The number of alkyl halides is 6. The van der Waals surface area contributed by atoms with Gasteiger partial charge in [0.05, 0.1) is 0 Å². The highest BCUT2D eigenvalue weighted by Gasteiger charge is 2.64. The van der Waals surface area contributed by atoms with Crippen LogP contribution in [0.1, 0.15) is 11.1 Å². The molecule has 0 radical (unpaired) electrons. The summed E-state index contributed by atoms with van der Waals surface area (Å²) < 4.78 is 122. The van der Waals surface area contributed by atoms with Crippen molar-refractivity contribution in [2.75, 3.05) is 0 Å². The third-order valence-corrected chi connectivity index (χ3v) is 8.47. The van der Waals surface area contributed by atoms with Crippen LogP contribution in [0.4, 0.5) is 30.7 Å². The molecule has 12 heteroatoms. The SMILES string of the molecule is O=S(=O)(OS1(C(F)(F)F)C(c2ccc(F)cc2)=Cc2ccccc21)C(F)(F)F. The lowest BCUT2D eigenvalue weighted by molar-refractivity contribution is -0.0543. The minimum absolute atomic E-state index is 0.147. The van der Waals surface area contributed by atoms with Crippen LogP contribution in [-0.2, 0) is 13.7 Å². The highest BCUT2D eigenvalue weighted by Crippen LogP contribution is 2.80. The molecule has 0 saturated heterocycles. The summed E-state index contributed by atoms with van der Waals surface area (Å²) in [6.45, 7) is 0. The van der Waals surface area contributed by atoms with Gasteiger partial charge in [-0.15, -0.1) is 0 Å². The van der Waals surface area contributed by atoms with Crippen molar-refractivity contribution in [2.45, 2.75) is 15.9 Å². The number of hydrogen-bond acceptors (Lipinski definition) is 3. The highest BCUT2D eigenvalue weighted by atomic mass is 32.3. The zero-order valence-corrected chi connectivity index (χ0v) is 15.0. The molecule has 0 aliphatic carbocycles. The van der Waals surface area contributed by atoms with Crippen molar-refractivity contribution in [1.82, 2.24) is 0 Å². The Morgan fingerprint density at radius 1 is 0.857 bits per heavy atom. The van der Waals surface area contributed by atoms with Gasteiger partial charge in [-0.25, -0.2) is 4.39 Å². The van der Waals surface area contributed by atoms with Crippen LogP contribution in [0.3, 0.4) is 0 Å². The Morgan fingerprint density at radius 2 is 1.43 bits per heavy atom. The first-order valence-corrected chi connectivity index (χ1v) is 10.2. The number of fused-ring (bicyclic) bond motifs is 1. The monoisotopic (exact) mass is 446 g/mol. The van der Waals surface area contributed by atoms with E-state index < -0.39 is 47.1 Å². The van der Waals surface area contributed by atoms with Crippen molar-refractivity contribution >= 4 is 31.4 Å². The Balaban J connectivity index is 2.33. The van der Waals surface area contributed by atoms with Crippen LogP contribution >= 0.6 is 10.3 Å². The summed E-state index contributed by atoms with van der Waals surface area (Å²) in [5.74, 6) is -0.795. The lowest BCUT2D eigenvalue weighted by Gasteiger charge is -2.39. The second-order valence-electron chi connectivity index (χ2n) is 5.52. The second-order valence-corrected chi connectivity index (χ2v) is 9.89. The molecule has 152 valence electrons. The molecule has 28 heavy (non-hydrogen) atoms. The third-order valence-electron chi connectivity index (χ3n) is 3.75. The summed E-state index contributed by atoms with van der Waals surface area (Å²) in [7, 11) is -11.8. The van der Waals surface area contributed by atoms with Crippen LogP contribution in [0.5, 0.6) is 0 Å². The zero-order valence-electron chi connectivity index (χ0n) is 13.4. The maximum atomic E-state index is 14.2. The van der Waals surface area contributed by atoms with Gasteiger partial charge < -0.3 is 0 Å². The Bertz CT molecular complexity index is 1040. The van der Waals surface area contributed by atoms with Gasteiger partial charge in [-0.1, -0.05) is 30.3 Å². The molecule has 1 aliphatic heterocycles. The molecule has 0 spiro atoms. The Hall–Kier alpha value is -2.05. The molecule has 0 saturated carbocycles. The maximum Gasteiger partial charge on any atom is 0.523 e. The molecular weight excluding hydrogens is 437 g/mol. The molecule has 0 aromatic heterocycles. The van der Waals surface area contributed by atoms with E-state index in [1.807, 2.05) is 0 Å². The van der Waals surface area contributed by atoms with Gasteiger partial charge in [0.25, 0.3) is 0 Å². The van der Waals surface area contributed by atoms with E-state index in [4.69, 9.17) is 0 Å². The molecule has 1 unspecified atom stereocenters. The minimum Gasteiger partial charge on any atom is -0.207 e. The van der Waals surface area contributed by atoms with Crippen molar-refractivity contribution in [3.05, 3.63) is 65.5 Å². The topological polar surface area (TPSA) is 43.4 Å². The molecule has 2 aromatic carbocycles. The molecular formula is C16H9F7O3S2. The summed E-state index contributed by atoms with van der Waals surface area (Å²) >= 11 is 0. The smallest absolute Gasteiger partial charge is 0.207 e. The van der Waals surface area contributed by atoms with E-state index in [1.165, 1.54) is 12.1 Å². The van der Waals surface area contributed by atoms with E-state index in [0.717, 1.165) is 42.5 Å². The number of rotatable bonds is 3. The average Bonchev–Trinajstić information content (AvgIpc) is 2.90. The number of benzene rings is 2. The molecule has 0 bridgehead atoms. The molecule has 2 aromatic rings. The van der Waals surface area contributed by atoms with Crippen LogP contribution in [-0.4, -0.2) is 19.4 Å². The Morgan fingerprint density at radius 3 is 1.96 bits per heavy atom. The fourth-order valence-electron chi connectivity index (χ4n) is 2.60. The van der Waals surface area contributed by atoms with Gasteiger partial charge in [-0.3, -0.25) is 0 Å². The zero-order chi connectivity index (χ0) is 21.0. The summed E-state index contributed by atoms with van der Waals surface area (Å²) in [4.78, 5) is -1.57. The summed E-state index contributed by atoms with van der Waals surface area (Å²) in [6, 6.07) is 7.92. The minimum atomic E-state index is -6.61. The number of halogens is 7. The first-order valence-electron chi connectivity index (χ1n) is 7.28. The van der Waals surface area contributed by atoms with E-state index in [-0.39, 0.29) is 11.1 Å². The summed E-state index contributed by atoms with van der Waals surface area (Å²) in [6.07, 6.45) is 0.900. The van der Waals surface area contributed by atoms with Gasteiger partial charge >= 0.3 is 21.1 Å². The van der Waals surface area contributed by atoms with Gasteiger partial charge in [-0.2, -0.15) is 38.4 Å². The van der Waals surface area contributed by atoms with E-state index in [2.05, 4.69) is 3.63 Å². The quantitative estimate of drug-likeness (QED) is 0.442. The first kappa shape index (κ1) is 20.7. The maximum absolute atomic E-state index is 14.2. The van der Waals surface area contributed by atoms with Gasteiger partial charge in [0.15, 0.2) is 0 Å². The average molecular weight is 446 g/mol. The van der Waals surface area contributed by atoms with Crippen LogP contribution in [0.15, 0.2) is 53.4 Å². The van der Waals surface area contributed by atoms with Crippen LogP contribution in [0.25, 0.3) is 11.0 Å². The molecule has 3 rings (SSSR count). The molecule has 3 nitrogen and oxygen atoms in total. The third kappa shape index (κ3) is 3.18. The molecule has 0 amide bonds. The largest absolute Gasteiger partial charge is 0.523 e. The molecule has 1 aliphatic rings. The number of hydrogen-bond donors (Lipinski definition) is 0. The van der Waals surface area contributed by atoms with Crippen LogP contribution in [0.2, 0.25) is 0 Å². The first-order chi connectivity index (χ1) is 12.8. The predicted octanol–water partition coefficient (Wildman–Crippen LogP) is 5.80. The van der Waals surface area contributed by atoms with Crippen LogP contribution < -0.4 is 0 Å². The normalized spacial score (nSPS) is 22.3. The predicted molar refractivity (Wildman–Crippen MR) is 88.7 cm³/mol. The summed E-state index contributed by atoms with van der Waals surface area (Å²) in [5.41, 5.74) is -12.0. The Labute approximate surface area is 156 Å². The van der Waals surface area contributed by atoms with E-state index in [9.17, 15) is 39.2 Å². The van der Waals surface area contributed by atoms with Crippen LogP contribution in [0, 0.1) is 5.82 Å². The van der Waals surface area contributed by atoms with Gasteiger partial charge in [0.2, 0.25) is 0 Å². The van der Waals surface area contributed by atoms with Gasteiger partial charge in [0.1, 0.15) is 5.82 Å². The molecule has 1 atom stereocenters. The lowest BCUT2D eigenvalue weighted by Crippen LogP contribution is -2.32. The molecule has 0 N–H and O–H groups in total. The van der Waals surface area contributed by atoms with Crippen molar-refractivity contribution < 1.29 is 42.8 Å². The van der Waals surface area contributed by atoms with E-state index in [0.29, 0.717) is 0 Å². The van der Waals surface area contributed by atoms with E-state index in [1.54, 1.807) is 0 Å².